The lowest BCUT2D eigenvalue weighted by Gasteiger charge is -2.32. The van der Waals surface area contributed by atoms with Crippen molar-refractivity contribution in [3.8, 4) is 0 Å². The fraction of sp³-hybridized carbons (Fsp3) is 0.567. The number of carbonyl (C=O) groups excluding carboxylic acids is 1. The van der Waals surface area contributed by atoms with E-state index in [0.29, 0.717) is 25.3 Å². The summed E-state index contributed by atoms with van der Waals surface area (Å²) in [5.74, 6) is -0.294. The van der Waals surface area contributed by atoms with Crippen LogP contribution in [-0.2, 0) is 16.9 Å². The Morgan fingerprint density at radius 3 is 2.62 bits per heavy atom. The van der Waals surface area contributed by atoms with Crippen molar-refractivity contribution < 1.29 is 23.2 Å². The molecule has 7 nitrogen and oxygen atoms in total. The molecule has 2 aliphatic rings. The van der Waals surface area contributed by atoms with Gasteiger partial charge in [0.15, 0.2) is 11.5 Å². The highest BCUT2D eigenvalue weighted by Crippen LogP contribution is 2.32. The molecular formula is C30H40F2N4O3. The molecule has 0 spiro atoms. The third-order valence-electron chi connectivity index (χ3n) is 7.07. The molecule has 2 aromatic rings. The van der Waals surface area contributed by atoms with Gasteiger partial charge in [-0.05, 0) is 76.3 Å². The van der Waals surface area contributed by atoms with Crippen molar-refractivity contribution in [3.05, 3.63) is 59.5 Å². The first-order valence-corrected chi connectivity index (χ1v) is 13.8. The van der Waals surface area contributed by atoms with Crippen LogP contribution >= 0.6 is 0 Å². The first-order valence-electron chi connectivity index (χ1n) is 13.8. The van der Waals surface area contributed by atoms with Crippen LogP contribution in [0, 0.1) is 5.92 Å². The Kier molecular flexibility index (Phi) is 9.01. The minimum Gasteiger partial charge on any atom is -0.389 e. The van der Waals surface area contributed by atoms with Crippen molar-refractivity contribution in [2.75, 3.05) is 31.1 Å². The number of hydrogen-bond donors (Lipinski definition) is 1. The first-order chi connectivity index (χ1) is 18.4. The van der Waals surface area contributed by atoms with Gasteiger partial charge in [-0.2, -0.15) is 4.98 Å². The van der Waals surface area contributed by atoms with E-state index in [4.69, 9.17) is 4.52 Å². The Bertz CT molecular complexity index is 1210. The number of hydrogen-bond acceptors (Lipinski definition) is 6. The molecule has 0 saturated heterocycles. The van der Waals surface area contributed by atoms with Crippen LogP contribution in [0.1, 0.15) is 77.1 Å². The molecule has 1 aromatic heterocycles. The fourth-order valence-corrected chi connectivity index (χ4v) is 4.98. The normalized spacial score (nSPS) is 18.4. The lowest BCUT2D eigenvalue weighted by Crippen LogP contribution is -2.40. The lowest BCUT2D eigenvalue weighted by atomic mass is 9.91. The van der Waals surface area contributed by atoms with E-state index in [1.807, 2.05) is 32.0 Å². The van der Waals surface area contributed by atoms with Gasteiger partial charge in [-0.25, -0.2) is 8.78 Å². The van der Waals surface area contributed by atoms with E-state index in [1.54, 1.807) is 4.90 Å². The van der Waals surface area contributed by atoms with Gasteiger partial charge in [0.1, 0.15) is 0 Å². The molecule has 2 heterocycles. The number of alkyl halides is 1. The van der Waals surface area contributed by atoms with E-state index in [-0.39, 0.29) is 24.0 Å². The summed E-state index contributed by atoms with van der Waals surface area (Å²) in [4.78, 5) is 21.5. The number of aromatic nitrogens is 2. The average Bonchev–Trinajstić information content (AvgIpc) is 3.33. The molecule has 1 aromatic carbocycles. The number of aliphatic hydroxyl groups is 1. The van der Waals surface area contributed by atoms with Crippen molar-refractivity contribution in [2.45, 2.75) is 77.5 Å². The molecule has 0 bridgehead atoms. The van der Waals surface area contributed by atoms with E-state index in [1.165, 1.54) is 25.5 Å². The van der Waals surface area contributed by atoms with Gasteiger partial charge in [0.05, 0.1) is 17.3 Å². The topological polar surface area (TPSA) is 82.7 Å². The van der Waals surface area contributed by atoms with Crippen LogP contribution < -0.4 is 4.90 Å². The number of nitrogens with zero attached hydrogens (tertiary/aromatic N) is 4. The number of β-amino-alcohol motifs (C(OH)–C–C–N with tert-alkyl or cyclic N) is 1. The monoisotopic (exact) mass is 542 g/mol. The minimum atomic E-state index is -1.67. The first kappa shape index (κ1) is 29.1. The molecule has 1 N–H and O–H groups in total. The quantitative estimate of drug-likeness (QED) is 0.344. The molecule has 212 valence electrons. The van der Waals surface area contributed by atoms with E-state index >= 15 is 0 Å². The van der Waals surface area contributed by atoms with Gasteiger partial charge in [-0.15, -0.1) is 0 Å². The highest BCUT2D eigenvalue weighted by molar-refractivity contribution is 5.97. The predicted molar refractivity (Wildman–Crippen MR) is 147 cm³/mol. The van der Waals surface area contributed by atoms with Gasteiger partial charge in [0.2, 0.25) is 5.91 Å². The van der Waals surface area contributed by atoms with Crippen LogP contribution in [0.15, 0.2) is 46.8 Å². The van der Waals surface area contributed by atoms with E-state index in [0.717, 1.165) is 50.0 Å². The number of anilines is 1. The highest BCUT2D eigenvalue weighted by Gasteiger charge is 2.31. The van der Waals surface area contributed by atoms with Gasteiger partial charge in [-0.3, -0.25) is 9.69 Å². The Balaban J connectivity index is 1.39. The van der Waals surface area contributed by atoms with Crippen molar-refractivity contribution in [2.24, 2.45) is 5.92 Å². The number of carbonyl (C=O) groups is 1. The Morgan fingerprint density at radius 1 is 1.23 bits per heavy atom. The molecule has 0 radical (unpaired) electrons. The Hall–Kier alpha value is -2.91. The van der Waals surface area contributed by atoms with Gasteiger partial charge >= 0.3 is 0 Å². The maximum Gasteiger partial charge on any atom is 0.263 e. The molecule has 1 amide bonds. The molecule has 4 rings (SSSR count). The van der Waals surface area contributed by atoms with Crippen molar-refractivity contribution >= 4 is 17.2 Å². The standard InChI is InChI=1S/C30H40F2N4O3/c1-29(2,38)20-35-15-12-21(13-16-35)22-9-8-10-25(19-22)36(27(37)23-17-24(31)18-23)14-7-5-6-11-26-33-28(39-34-26)30(3,4)32/h8-10,12,17,19,23,38H,5-7,11,13-16,18,20H2,1-4H3. The summed E-state index contributed by atoms with van der Waals surface area (Å²) in [6, 6.07) is 8.01. The second-order valence-corrected chi connectivity index (χ2v) is 11.8. The number of rotatable bonds is 12. The van der Waals surface area contributed by atoms with Gasteiger partial charge < -0.3 is 14.5 Å². The summed E-state index contributed by atoms with van der Waals surface area (Å²) in [6.45, 7) is 9.16. The molecule has 39 heavy (non-hydrogen) atoms. The van der Waals surface area contributed by atoms with Crippen LogP contribution in [-0.4, -0.2) is 57.8 Å². The Morgan fingerprint density at radius 2 is 2.00 bits per heavy atom. The number of halogens is 2. The number of benzene rings is 1. The van der Waals surface area contributed by atoms with E-state index in [2.05, 4.69) is 27.2 Å². The maximum atomic E-state index is 14.0. The van der Waals surface area contributed by atoms with Gasteiger partial charge in [-0.1, -0.05) is 29.8 Å². The summed E-state index contributed by atoms with van der Waals surface area (Å²) in [6.07, 6.45) is 7.53. The number of aryl methyl sites for hydroxylation is 1. The summed E-state index contributed by atoms with van der Waals surface area (Å²) < 4.78 is 32.4. The van der Waals surface area contributed by atoms with Crippen LogP contribution in [0.25, 0.3) is 5.57 Å². The van der Waals surface area contributed by atoms with Crippen molar-refractivity contribution in [3.63, 3.8) is 0 Å². The molecule has 9 heteroatoms. The smallest absolute Gasteiger partial charge is 0.263 e. The van der Waals surface area contributed by atoms with Crippen LogP contribution in [0.3, 0.4) is 0 Å². The fourth-order valence-electron chi connectivity index (χ4n) is 4.98. The van der Waals surface area contributed by atoms with Crippen LogP contribution in [0.2, 0.25) is 0 Å². The number of allylic oxidation sites excluding steroid dienone is 1. The molecule has 1 unspecified atom stereocenters. The largest absolute Gasteiger partial charge is 0.389 e. The molecule has 1 aliphatic carbocycles. The molecule has 1 aliphatic heterocycles. The maximum absolute atomic E-state index is 14.0. The minimum absolute atomic E-state index is 0.0204. The molecule has 0 fully saturated rings. The van der Waals surface area contributed by atoms with E-state index < -0.39 is 17.2 Å². The summed E-state index contributed by atoms with van der Waals surface area (Å²) in [5.41, 5.74) is 0.709. The summed E-state index contributed by atoms with van der Waals surface area (Å²) in [5, 5.41) is 14.0. The summed E-state index contributed by atoms with van der Waals surface area (Å²) >= 11 is 0. The van der Waals surface area contributed by atoms with Crippen LogP contribution in [0.5, 0.6) is 0 Å². The number of unbranched alkanes of at least 4 members (excludes halogenated alkanes) is 2. The molecule has 1 atom stereocenters. The van der Waals surface area contributed by atoms with E-state index in [9.17, 15) is 18.7 Å². The summed E-state index contributed by atoms with van der Waals surface area (Å²) in [7, 11) is 0. The van der Waals surface area contributed by atoms with Crippen molar-refractivity contribution in [1.29, 1.82) is 0 Å². The second-order valence-electron chi connectivity index (χ2n) is 11.8. The van der Waals surface area contributed by atoms with Crippen molar-refractivity contribution in [1.82, 2.24) is 15.0 Å². The van der Waals surface area contributed by atoms with Gasteiger partial charge in [0, 0.05) is 44.7 Å². The van der Waals surface area contributed by atoms with Gasteiger partial charge in [0.25, 0.3) is 5.89 Å². The molecular weight excluding hydrogens is 502 g/mol. The molecule has 0 saturated carbocycles. The SMILES string of the molecule is CC(C)(O)CN1CC=C(c2cccc(N(CCCCCc3noc(C(C)(C)F)n3)C(=O)C3C=C(F)C3)c2)CC1. The Labute approximate surface area is 229 Å². The zero-order valence-electron chi connectivity index (χ0n) is 23.4. The third kappa shape index (κ3) is 8.05. The lowest BCUT2D eigenvalue weighted by molar-refractivity contribution is -0.121. The highest BCUT2D eigenvalue weighted by atomic mass is 19.1. The third-order valence-corrected chi connectivity index (χ3v) is 7.07. The number of amides is 1. The predicted octanol–water partition coefficient (Wildman–Crippen LogP) is 5.75. The van der Waals surface area contributed by atoms with Crippen LogP contribution in [0.4, 0.5) is 14.5 Å². The second kappa shape index (κ2) is 12.1. The zero-order valence-corrected chi connectivity index (χ0v) is 23.4. The zero-order chi connectivity index (χ0) is 28.2. The average molecular weight is 543 g/mol.